The van der Waals surface area contributed by atoms with Crippen molar-refractivity contribution in [3.8, 4) is 27.3 Å². The van der Waals surface area contributed by atoms with E-state index in [1.165, 1.54) is 13.2 Å². The maximum absolute atomic E-state index is 14.1. The summed E-state index contributed by atoms with van der Waals surface area (Å²) < 4.78 is 16.5. The van der Waals surface area contributed by atoms with Crippen LogP contribution in [0.15, 0.2) is 60.0 Å². The lowest BCUT2D eigenvalue weighted by atomic mass is 9.93. The number of methoxy groups -OCH3 is 1. The van der Waals surface area contributed by atoms with E-state index in [-0.39, 0.29) is 23.5 Å². The molecule has 0 radical (unpaired) electrons. The highest BCUT2D eigenvalue weighted by Gasteiger charge is 2.27. The van der Waals surface area contributed by atoms with E-state index in [2.05, 4.69) is 20.9 Å². The minimum atomic E-state index is -0.760. The van der Waals surface area contributed by atoms with Crippen LogP contribution in [-0.4, -0.2) is 54.7 Å². The number of rotatable bonds is 8. The van der Waals surface area contributed by atoms with Crippen molar-refractivity contribution in [1.82, 2.24) is 15.6 Å². The van der Waals surface area contributed by atoms with Gasteiger partial charge in [0, 0.05) is 52.3 Å². The molecule has 2 aromatic carbocycles. The number of nitrogens with zero attached hydrogens (tertiary/aromatic N) is 1. The summed E-state index contributed by atoms with van der Waals surface area (Å²) in [7, 11) is 1.23. The van der Waals surface area contributed by atoms with Crippen molar-refractivity contribution in [2.45, 2.75) is 46.3 Å². The van der Waals surface area contributed by atoms with Crippen LogP contribution in [0.4, 0.5) is 10.5 Å². The first kappa shape index (κ1) is 33.1. The Hall–Kier alpha value is -5.23. The predicted octanol–water partition coefficient (Wildman–Crippen LogP) is 6.23. The first-order valence-corrected chi connectivity index (χ1v) is 16.0. The van der Waals surface area contributed by atoms with Crippen molar-refractivity contribution >= 4 is 40.9 Å². The number of anilines is 1. The molecule has 11 nitrogen and oxygen atoms in total. The van der Waals surface area contributed by atoms with Gasteiger partial charge in [0.25, 0.3) is 11.8 Å². The van der Waals surface area contributed by atoms with Crippen LogP contribution in [0.25, 0.3) is 21.6 Å². The molecule has 4 aromatic rings. The molecule has 0 bridgehead atoms. The van der Waals surface area contributed by atoms with Gasteiger partial charge in [0.2, 0.25) is 0 Å². The van der Waals surface area contributed by atoms with Crippen LogP contribution in [0, 0.1) is 0 Å². The summed E-state index contributed by atoms with van der Waals surface area (Å²) in [6.45, 7) is 8.22. The third-order valence-corrected chi connectivity index (χ3v) is 8.16. The Labute approximate surface area is 276 Å². The van der Waals surface area contributed by atoms with Crippen molar-refractivity contribution in [2.75, 3.05) is 25.6 Å². The van der Waals surface area contributed by atoms with Crippen molar-refractivity contribution in [2.24, 2.45) is 0 Å². The number of fused-ring (bicyclic) bond motifs is 3. The van der Waals surface area contributed by atoms with Crippen LogP contribution >= 0.6 is 11.3 Å². The normalized spacial score (nSPS) is 12.0. The van der Waals surface area contributed by atoms with Crippen molar-refractivity contribution in [1.29, 1.82) is 0 Å². The zero-order chi connectivity index (χ0) is 33.7. The van der Waals surface area contributed by atoms with E-state index < -0.39 is 29.5 Å². The van der Waals surface area contributed by atoms with Gasteiger partial charge < -0.3 is 30.2 Å². The highest BCUT2D eigenvalue weighted by molar-refractivity contribution is 7.13. The molecule has 244 valence electrons. The number of amides is 3. The van der Waals surface area contributed by atoms with Crippen LogP contribution in [0.2, 0.25) is 0 Å². The molecule has 0 fully saturated rings. The Morgan fingerprint density at radius 1 is 0.936 bits per heavy atom. The first-order valence-electron chi connectivity index (χ1n) is 15.1. The second kappa shape index (κ2) is 14.0. The van der Waals surface area contributed by atoms with E-state index in [1.54, 1.807) is 81.5 Å². The average molecular weight is 657 g/mol. The molecule has 3 heterocycles. The maximum atomic E-state index is 14.1. The molecule has 1 aliphatic rings. The fourth-order valence-corrected chi connectivity index (χ4v) is 6.00. The quantitative estimate of drug-likeness (QED) is 0.190. The molecule has 0 spiro atoms. The number of ether oxygens (including phenoxy) is 3. The minimum Gasteiger partial charge on any atom is -0.493 e. The predicted molar refractivity (Wildman–Crippen MR) is 179 cm³/mol. The van der Waals surface area contributed by atoms with E-state index >= 15 is 0 Å². The number of alkyl carbamates (subject to hydrolysis) is 1. The molecule has 47 heavy (non-hydrogen) atoms. The molecule has 5 rings (SSSR count). The molecular formula is C35H36N4O7S. The Kier molecular flexibility index (Phi) is 9.90. The van der Waals surface area contributed by atoms with Gasteiger partial charge in [-0.15, -0.1) is 11.3 Å². The summed E-state index contributed by atoms with van der Waals surface area (Å²) in [6, 6.07) is 15.7. The number of thiophene rings is 1. The van der Waals surface area contributed by atoms with Gasteiger partial charge >= 0.3 is 12.1 Å². The zero-order valence-corrected chi connectivity index (χ0v) is 27.6. The smallest absolute Gasteiger partial charge is 0.407 e. The van der Waals surface area contributed by atoms with Crippen LogP contribution < -0.4 is 20.7 Å². The van der Waals surface area contributed by atoms with Gasteiger partial charge in [-0.25, -0.2) is 14.6 Å². The molecule has 12 heteroatoms. The maximum Gasteiger partial charge on any atom is 0.407 e. The molecular weight excluding hydrogens is 620 g/mol. The summed E-state index contributed by atoms with van der Waals surface area (Å²) in [4.78, 5) is 57.0. The summed E-state index contributed by atoms with van der Waals surface area (Å²) in [5.74, 6) is -1.08. The van der Waals surface area contributed by atoms with Crippen LogP contribution in [0.1, 0.15) is 70.2 Å². The molecule has 3 amide bonds. The van der Waals surface area contributed by atoms with Crippen molar-refractivity contribution < 1.29 is 33.4 Å². The highest BCUT2D eigenvalue weighted by Crippen LogP contribution is 2.43. The zero-order valence-electron chi connectivity index (χ0n) is 26.8. The topological polar surface area (TPSA) is 145 Å². The number of esters is 1. The van der Waals surface area contributed by atoms with Gasteiger partial charge in [0.1, 0.15) is 17.0 Å². The van der Waals surface area contributed by atoms with E-state index in [4.69, 9.17) is 14.2 Å². The van der Waals surface area contributed by atoms with Gasteiger partial charge in [-0.2, -0.15) is 0 Å². The number of pyridine rings is 1. The molecule has 0 atom stereocenters. The van der Waals surface area contributed by atoms with E-state index in [0.29, 0.717) is 42.1 Å². The third kappa shape index (κ3) is 7.78. The number of nitrogens with one attached hydrogen (secondary N) is 3. The largest absolute Gasteiger partial charge is 0.493 e. The number of carbonyl (C=O) groups is 4. The van der Waals surface area contributed by atoms with E-state index in [9.17, 15) is 19.2 Å². The monoisotopic (exact) mass is 656 g/mol. The molecule has 0 saturated carbocycles. The SMILES string of the molecule is CCNC(=O)c1ccc(-c2cc3c(cc2C(=O)Nc2ccc(CNC(=O)OC(C)(C)C)cc2)-c2sccc2CCO3)c(C(=O)OC)n1. The lowest BCUT2D eigenvalue weighted by Crippen LogP contribution is -2.32. The summed E-state index contributed by atoms with van der Waals surface area (Å²) in [5.41, 5.74) is 3.48. The van der Waals surface area contributed by atoms with Gasteiger partial charge in [0.05, 0.1) is 13.7 Å². The second-order valence-corrected chi connectivity index (χ2v) is 12.6. The van der Waals surface area contributed by atoms with E-state index in [1.807, 2.05) is 11.4 Å². The lowest BCUT2D eigenvalue weighted by molar-refractivity contribution is 0.0522. The van der Waals surface area contributed by atoms with Gasteiger partial charge in [-0.1, -0.05) is 12.1 Å². The standard InChI is InChI=1S/C35H36N4O7S/c1-6-36-32(41)27-12-11-23(29(39-27)33(42)44-5)24-18-28-26(30-21(13-15-45-28)14-16-47-30)17-25(24)31(40)38-22-9-7-20(8-10-22)19-37-34(43)46-35(2,3)4/h7-12,14,16-18H,6,13,15,19H2,1-5H3,(H,36,41)(H,37,43)(H,38,40). The molecule has 3 N–H and O–H groups in total. The average Bonchev–Trinajstić information content (AvgIpc) is 3.44. The number of hydrogen-bond acceptors (Lipinski definition) is 9. The number of aromatic nitrogens is 1. The van der Waals surface area contributed by atoms with Gasteiger partial charge in [0.15, 0.2) is 5.69 Å². The third-order valence-electron chi connectivity index (χ3n) is 7.17. The number of benzene rings is 2. The Balaban J connectivity index is 1.52. The minimum absolute atomic E-state index is 0.0393. The Morgan fingerprint density at radius 2 is 1.70 bits per heavy atom. The summed E-state index contributed by atoms with van der Waals surface area (Å²) in [6.07, 6.45) is 0.179. The fraction of sp³-hybridized carbons (Fsp3) is 0.286. The van der Waals surface area contributed by atoms with Crippen LogP contribution in [0.3, 0.4) is 0 Å². The van der Waals surface area contributed by atoms with E-state index in [0.717, 1.165) is 21.6 Å². The van der Waals surface area contributed by atoms with Crippen LogP contribution in [0.5, 0.6) is 5.75 Å². The summed E-state index contributed by atoms with van der Waals surface area (Å²) >= 11 is 1.56. The molecule has 0 aliphatic carbocycles. The van der Waals surface area contributed by atoms with Gasteiger partial charge in [-0.3, -0.25) is 9.59 Å². The van der Waals surface area contributed by atoms with Crippen LogP contribution in [-0.2, 0) is 22.4 Å². The number of hydrogen-bond donors (Lipinski definition) is 3. The first-order chi connectivity index (χ1) is 22.5. The Morgan fingerprint density at radius 3 is 2.40 bits per heavy atom. The fourth-order valence-electron chi connectivity index (χ4n) is 5.03. The molecule has 0 unspecified atom stereocenters. The molecule has 1 aliphatic heterocycles. The number of carbonyl (C=O) groups excluding carboxylic acids is 4. The molecule has 2 aromatic heterocycles. The highest BCUT2D eigenvalue weighted by atomic mass is 32.1. The molecule has 0 saturated heterocycles. The lowest BCUT2D eigenvalue weighted by Gasteiger charge is -2.19. The second-order valence-electron chi connectivity index (χ2n) is 11.7. The van der Waals surface area contributed by atoms with Gasteiger partial charge in [-0.05, 0) is 86.7 Å². The summed E-state index contributed by atoms with van der Waals surface area (Å²) in [5, 5.41) is 10.4. The van der Waals surface area contributed by atoms with Crippen molar-refractivity contribution in [3.05, 3.63) is 88.1 Å². The Bertz CT molecular complexity index is 1830. The van der Waals surface area contributed by atoms with Crippen molar-refractivity contribution in [3.63, 3.8) is 0 Å².